The van der Waals surface area contributed by atoms with Gasteiger partial charge in [-0.2, -0.15) is 0 Å². The number of para-hydroxylation sites is 2. The molecule has 1 heterocycles. The molecular weight excluding hydrogens is 415 g/mol. The fourth-order valence-electron chi connectivity index (χ4n) is 2.95. The molecule has 0 fully saturated rings. The zero-order valence-electron chi connectivity index (χ0n) is 16.7. The van der Waals surface area contributed by atoms with Gasteiger partial charge in [-0.1, -0.05) is 24.3 Å². The largest absolute Gasteiger partial charge is 0.493 e. The lowest BCUT2D eigenvalue weighted by atomic mass is 10.2. The highest BCUT2D eigenvalue weighted by Crippen LogP contribution is 2.31. The Morgan fingerprint density at radius 3 is 2.55 bits per heavy atom. The van der Waals surface area contributed by atoms with Gasteiger partial charge in [0.1, 0.15) is 16.6 Å². The molecule has 4 aromatic rings. The summed E-state index contributed by atoms with van der Waals surface area (Å²) >= 11 is 1.38. The lowest BCUT2D eigenvalue weighted by Crippen LogP contribution is -2.14. The standard InChI is InChI=1S/C24H19FN2O3S/c1-29-21-7-2-3-8-22(21)30-20-11-9-18(10-12-20)26-23(28)14-19-15-31-24(27-19)16-5-4-6-17(25)13-16/h2-13,15H,14H2,1H3,(H,26,28). The van der Waals surface area contributed by atoms with Gasteiger partial charge < -0.3 is 14.8 Å². The molecule has 0 atom stereocenters. The smallest absolute Gasteiger partial charge is 0.230 e. The number of hydrogen-bond acceptors (Lipinski definition) is 5. The van der Waals surface area contributed by atoms with Gasteiger partial charge >= 0.3 is 0 Å². The molecule has 0 bridgehead atoms. The first-order valence-corrected chi connectivity index (χ1v) is 10.4. The minimum atomic E-state index is -0.315. The van der Waals surface area contributed by atoms with E-state index in [1.165, 1.54) is 23.5 Å². The summed E-state index contributed by atoms with van der Waals surface area (Å²) < 4.78 is 24.5. The first kappa shape index (κ1) is 20.6. The Balaban J connectivity index is 1.36. The summed E-state index contributed by atoms with van der Waals surface area (Å²) in [5.74, 6) is 1.38. The van der Waals surface area contributed by atoms with Crippen molar-refractivity contribution in [2.75, 3.05) is 12.4 Å². The second kappa shape index (κ2) is 9.40. The van der Waals surface area contributed by atoms with Crippen LogP contribution >= 0.6 is 11.3 Å². The first-order chi connectivity index (χ1) is 15.1. The second-order valence-corrected chi connectivity index (χ2v) is 7.51. The SMILES string of the molecule is COc1ccccc1Oc1ccc(NC(=O)Cc2csc(-c3cccc(F)c3)n2)cc1. The van der Waals surface area contributed by atoms with E-state index in [9.17, 15) is 9.18 Å². The molecule has 0 aliphatic heterocycles. The number of aromatic nitrogens is 1. The van der Waals surface area contributed by atoms with E-state index >= 15 is 0 Å². The molecule has 1 aromatic heterocycles. The van der Waals surface area contributed by atoms with Crippen LogP contribution in [0.3, 0.4) is 0 Å². The molecule has 0 spiro atoms. The Morgan fingerprint density at radius 1 is 1.03 bits per heavy atom. The molecule has 1 amide bonds. The lowest BCUT2D eigenvalue weighted by Gasteiger charge is -2.10. The number of carbonyl (C=O) groups excluding carboxylic acids is 1. The van der Waals surface area contributed by atoms with E-state index < -0.39 is 0 Å². The van der Waals surface area contributed by atoms with Crippen molar-refractivity contribution in [3.63, 3.8) is 0 Å². The van der Waals surface area contributed by atoms with Crippen LogP contribution in [0.1, 0.15) is 5.69 Å². The van der Waals surface area contributed by atoms with Gasteiger partial charge in [0.05, 0.1) is 19.2 Å². The second-order valence-electron chi connectivity index (χ2n) is 6.66. The Bertz CT molecular complexity index is 1190. The molecule has 0 unspecified atom stereocenters. The minimum Gasteiger partial charge on any atom is -0.493 e. The number of ether oxygens (including phenoxy) is 2. The van der Waals surface area contributed by atoms with Crippen LogP contribution in [0.15, 0.2) is 78.2 Å². The highest BCUT2D eigenvalue weighted by Gasteiger charge is 2.11. The number of nitrogens with one attached hydrogen (secondary N) is 1. The summed E-state index contributed by atoms with van der Waals surface area (Å²) in [6, 6.07) is 20.7. The third-order valence-corrected chi connectivity index (χ3v) is 5.34. The van der Waals surface area contributed by atoms with Gasteiger partial charge in [-0.25, -0.2) is 9.37 Å². The number of halogens is 1. The number of hydrogen-bond donors (Lipinski definition) is 1. The summed E-state index contributed by atoms with van der Waals surface area (Å²) in [5.41, 5.74) is 1.98. The number of carbonyl (C=O) groups is 1. The van der Waals surface area contributed by atoms with Gasteiger partial charge in [-0.05, 0) is 48.5 Å². The van der Waals surface area contributed by atoms with Crippen LogP contribution in [-0.4, -0.2) is 18.0 Å². The predicted octanol–water partition coefficient (Wildman–Crippen LogP) is 5.93. The van der Waals surface area contributed by atoms with Crippen molar-refractivity contribution in [2.24, 2.45) is 0 Å². The van der Waals surface area contributed by atoms with Crippen LogP contribution < -0.4 is 14.8 Å². The maximum Gasteiger partial charge on any atom is 0.230 e. The molecule has 4 rings (SSSR count). The molecule has 0 saturated heterocycles. The fraction of sp³-hybridized carbons (Fsp3) is 0.0833. The summed E-state index contributed by atoms with van der Waals surface area (Å²) in [4.78, 5) is 16.8. The molecule has 0 radical (unpaired) electrons. The normalized spacial score (nSPS) is 10.5. The van der Waals surface area contributed by atoms with Gasteiger partial charge in [-0.3, -0.25) is 4.79 Å². The van der Waals surface area contributed by atoms with Crippen molar-refractivity contribution in [3.05, 3.63) is 89.7 Å². The lowest BCUT2D eigenvalue weighted by molar-refractivity contribution is -0.115. The number of methoxy groups -OCH3 is 1. The average Bonchev–Trinajstić information content (AvgIpc) is 3.24. The van der Waals surface area contributed by atoms with Crippen LogP contribution in [0.5, 0.6) is 17.2 Å². The van der Waals surface area contributed by atoms with Crippen LogP contribution in [0.2, 0.25) is 0 Å². The topological polar surface area (TPSA) is 60.5 Å². The van der Waals surface area contributed by atoms with Crippen molar-refractivity contribution in [1.82, 2.24) is 4.98 Å². The monoisotopic (exact) mass is 434 g/mol. The van der Waals surface area contributed by atoms with E-state index in [0.717, 1.165) is 0 Å². The van der Waals surface area contributed by atoms with Gasteiger partial charge in [-0.15, -0.1) is 11.3 Å². The maximum absolute atomic E-state index is 13.4. The van der Waals surface area contributed by atoms with Gasteiger partial charge in [0.25, 0.3) is 0 Å². The molecule has 0 aliphatic rings. The maximum atomic E-state index is 13.4. The van der Waals surface area contributed by atoms with Crippen molar-refractivity contribution < 1.29 is 18.7 Å². The van der Waals surface area contributed by atoms with E-state index in [1.54, 1.807) is 43.5 Å². The zero-order valence-corrected chi connectivity index (χ0v) is 17.5. The number of anilines is 1. The van der Waals surface area contributed by atoms with Crippen molar-refractivity contribution in [2.45, 2.75) is 6.42 Å². The summed E-state index contributed by atoms with van der Waals surface area (Å²) in [5, 5.41) is 5.34. The van der Waals surface area contributed by atoms with Crippen LogP contribution in [0.4, 0.5) is 10.1 Å². The third-order valence-electron chi connectivity index (χ3n) is 4.40. The molecular formula is C24H19FN2O3S. The average molecular weight is 434 g/mol. The van der Waals surface area contributed by atoms with Gasteiger partial charge in [0, 0.05) is 16.6 Å². The Morgan fingerprint density at radius 2 is 1.81 bits per heavy atom. The van der Waals surface area contributed by atoms with Crippen molar-refractivity contribution >= 4 is 22.9 Å². The van der Waals surface area contributed by atoms with E-state index in [4.69, 9.17) is 9.47 Å². The van der Waals surface area contributed by atoms with E-state index in [2.05, 4.69) is 10.3 Å². The molecule has 7 heteroatoms. The number of rotatable bonds is 7. The fourth-order valence-corrected chi connectivity index (χ4v) is 3.77. The Kier molecular flexibility index (Phi) is 6.24. The van der Waals surface area contributed by atoms with Crippen LogP contribution in [-0.2, 0) is 11.2 Å². The van der Waals surface area contributed by atoms with Gasteiger partial charge in [0.2, 0.25) is 5.91 Å². The van der Waals surface area contributed by atoms with Crippen LogP contribution in [0.25, 0.3) is 10.6 Å². The quantitative estimate of drug-likeness (QED) is 0.392. The number of nitrogens with zero attached hydrogens (tertiary/aromatic N) is 1. The Hall–Kier alpha value is -3.71. The van der Waals surface area contributed by atoms with E-state index in [0.29, 0.717) is 39.2 Å². The van der Waals surface area contributed by atoms with Crippen molar-refractivity contribution in [3.8, 4) is 27.8 Å². The Labute approximate surface area is 183 Å². The zero-order chi connectivity index (χ0) is 21.6. The first-order valence-electron chi connectivity index (χ1n) is 9.52. The summed E-state index contributed by atoms with van der Waals surface area (Å²) in [7, 11) is 1.59. The molecule has 0 aliphatic carbocycles. The highest BCUT2D eigenvalue weighted by atomic mass is 32.1. The molecule has 3 aromatic carbocycles. The molecule has 156 valence electrons. The molecule has 0 saturated carbocycles. The van der Waals surface area contributed by atoms with Gasteiger partial charge in [0.15, 0.2) is 11.5 Å². The molecule has 1 N–H and O–H groups in total. The molecule has 5 nitrogen and oxygen atoms in total. The predicted molar refractivity (Wildman–Crippen MR) is 119 cm³/mol. The van der Waals surface area contributed by atoms with E-state index in [-0.39, 0.29) is 18.1 Å². The molecule has 31 heavy (non-hydrogen) atoms. The van der Waals surface area contributed by atoms with E-state index in [1.807, 2.05) is 29.6 Å². The number of thiazole rings is 1. The highest BCUT2D eigenvalue weighted by molar-refractivity contribution is 7.13. The summed E-state index contributed by atoms with van der Waals surface area (Å²) in [6.45, 7) is 0. The number of benzene rings is 3. The third kappa shape index (κ3) is 5.26. The van der Waals surface area contributed by atoms with Crippen molar-refractivity contribution in [1.29, 1.82) is 0 Å². The minimum absolute atomic E-state index is 0.130. The van der Waals surface area contributed by atoms with Crippen LogP contribution in [0, 0.1) is 5.82 Å². The number of amides is 1. The summed E-state index contributed by atoms with van der Waals surface area (Å²) in [6.07, 6.45) is 0.130.